The number of aliphatic carboxylic acids is 1. The van der Waals surface area contributed by atoms with Gasteiger partial charge in [-0.3, -0.25) is 0 Å². The normalized spacial score (nSPS) is 18.9. The SMILES string of the molecule is CN(Cc1ccc(Cl)s1)C(=O)N1CCOCC1C(=O)O. The summed E-state index contributed by atoms with van der Waals surface area (Å²) in [7, 11) is 1.64. The Hall–Kier alpha value is -1.31. The third-order valence-corrected chi connectivity index (χ3v) is 4.22. The van der Waals surface area contributed by atoms with Crippen molar-refractivity contribution in [2.45, 2.75) is 12.6 Å². The number of urea groups is 1. The molecule has 1 unspecified atom stereocenters. The number of nitrogens with zero attached hydrogens (tertiary/aromatic N) is 2. The van der Waals surface area contributed by atoms with Gasteiger partial charge in [-0.25, -0.2) is 9.59 Å². The topological polar surface area (TPSA) is 70.1 Å². The number of morpholine rings is 1. The molecule has 0 bridgehead atoms. The molecule has 1 aliphatic rings. The highest BCUT2D eigenvalue weighted by Gasteiger charge is 2.34. The van der Waals surface area contributed by atoms with Crippen LogP contribution in [0, 0.1) is 0 Å². The summed E-state index contributed by atoms with van der Waals surface area (Å²) in [5.74, 6) is -1.05. The van der Waals surface area contributed by atoms with Gasteiger partial charge in [0.15, 0.2) is 6.04 Å². The summed E-state index contributed by atoms with van der Waals surface area (Å²) in [6.07, 6.45) is 0. The molecular weight excluding hydrogens is 304 g/mol. The lowest BCUT2D eigenvalue weighted by Gasteiger charge is -2.35. The fourth-order valence-corrected chi connectivity index (χ4v) is 3.14. The lowest BCUT2D eigenvalue weighted by Crippen LogP contribution is -2.55. The molecule has 110 valence electrons. The molecule has 2 amide bonds. The molecule has 1 aliphatic heterocycles. The van der Waals surface area contributed by atoms with Crippen LogP contribution in [0.5, 0.6) is 0 Å². The molecule has 2 rings (SSSR count). The number of ether oxygens (including phenoxy) is 1. The third kappa shape index (κ3) is 3.41. The molecule has 20 heavy (non-hydrogen) atoms. The first-order valence-corrected chi connectivity index (χ1v) is 7.25. The van der Waals surface area contributed by atoms with E-state index in [9.17, 15) is 9.59 Å². The van der Waals surface area contributed by atoms with Crippen molar-refractivity contribution in [3.63, 3.8) is 0 Å². The highest BCUT2D eigenvalue weighted by Crippen LogP contribution is 2.23. The summed E-state index contributed by atoms with van der Waals surface area (Å²) in [5, 5.41) is 9.12. The summed E-state index contributed by atoms with van der Waals surface area (Å²) in [4.78, 5) is 27.2. The third-order valence-electron chi connectivity index (χ3n) is 3.01. The van der Waals surface area contributed by atoms with Crippen LogP contribution in [-0.4, -0.2) is 59.8 Å². The molecule has 1 N–H and O–H groups in total. The van der Waals surface area contributed by atoms with Gasteiger partial charge in [0.05, 0.1) is 24.1 Å². The number of amides is 2. The van der Waals surface area contributed by atoms with Gasteiger partial charge in [-0.15, -0.1) is 11.3 Å². The van der Waals surface area contributed by atoms with Gasteiger partial charge in [0.2, 0.25) is 0 Å². The van der Waals surface area contributed by atoms with Crippen LogP contribution in [-0.2, 0) is 16.1 Å². The van der Waals surface area contributed by atoms with Crippen LogP contribution in [0.2, 0.25) is 4.34 Å². The van der Waals surface area contributed by atoms with E-state index >= 15 is 0 Å². The second-order valence-corrected chi connectivity index (χ2v) is 6.27. The molecule has 2 heterocycles. The predicted octanol–water partition coefficient (Wildman–Crippen LogP) is 1.74. The minimum absolute atomic E-state index is 0.0275. The van der Waals surface area contributed by atoms with Crippen molar-refractivity contribution in [2.75, 3.05) is 26.8 Å². The Kier molecular flexibility index (Phi) is 4.85. The second-order valence-electron chi connectivity index (χ2n) is 4.47. The zero-order chi connectivity index (χ0) is 14.7. The van der Waals surface area contributed by atoms with Gasteiger partial charge >= 0.3 is 12.0 Å². The fraction of sp³-hybridized carbons (Fsp3) is 0.500. The van der Waals surface area contributed by atoms with Crippen LogP contribution in [0.4, 0.5) is 4.79 Å². The molecule has 0 radical (unpaired) electrons. The van der Waals surface area contributed by atoms with Gasteiger partial charge in [0, 0.05) is 18.5 Å². The number of thiophene rings is 1. The van der Waals surface area contributed by atoms with Crippen molar-refractivity contribution < 1.29 is 19.4 Å². The Morgan fingerprint density at radius 3 is 2.95 bits per heavy atom. The molecule has 1 aromatic heterocycles. The highest BCUT2D eigenvalue weighted by molar-refractivity contribution is 7.16. The van der Waals surface area contributed by atoms with Crippen molar-refractivity contribution in [1.82, 2.24) is 9.80 Å². The lowest BCUT2D eigenvalue weighted by atomic mass is 10.2. The molecule has 0 aliphatic carbocycles. The number of hydrogen-bond donors (Lipinski definition) is 1. The summed E-state index contributed by atoms with van der Waals surface area (Å²) in [6, 6.07) is 2.38. The van der Waals surface area contributed by atoms with Gasteiger partial charge in [0.25, 0.3) is 0 Å². The minimum Gasteiger partial charge on any atom is -0.480 e. The van der Waals surface area contributed by atoms with E-state index in [0.717, 1.165) is 4.88 Å². The Morgan fingerprint density at radius 1 is 1.60 bits per heavy atom. The molecule has 6 nitrogen and oxygen atoms in total. The van der Waals surface area contributed by atoms with Gasteiger partial charge in [-0.2, -0.15) is 0 Å². The van der Waals surface area contributed by atoms with E-state index in [1.165, 1.54) is 21.1 Å². The molecule has 8 heteroatoms. The van der Waals surface area contributed by atoms with E-state index in [2.05, 4.69) is 0 Å². The van der Waals surface area contributed by atoms with Crippen LogP contribution >= 0.6 is 22.9 Å². The standard InChI is InChI=1S/C12H15ClN2O4S/c1-14(6-8-2-3-10(13)20-8)12(18)15-4-5-19-7-9(15)11(16)17/h2-3,9H,4-7H2,1H3,(H,16,17). The number of carboxylic acid groups (broad SMARTS) is 1. The molecular formula is C12H15ClN2O4S. The summed E-state index contributed by atoms with van der Waals surface area (Å²) >= 11 is 7.25. The maximum atomic E-state index is 12.3. The first-order chi connectivity index (χ1) is 9.49. The molecule has 0 spiro atoms. The Labute approximate surface area is 125 Å². The van der Waals surface area contributed by atoms with Crippen molar-refractivity contribution in [3.05, 3.63) is 21.3 Å². The van der Waals surface area contributed by atoms with Crippen LogP contribution in [0.25, 0.3) is 0 Å². The van der Waals surface area contributed by atoms with E-state index in [0.29, 0.717) is 17.5 Å². The van der Waals surface area contributed by atoms with Crippen molar-refractivity contribution in [1.29, 1.82) is 0 Å². The zero-order valence-corrected chi connectivity index (χ0v) is 12.5. The van der Waals surface area contributed by atoms with E-state index in [1.54, 1.807) is 13.1 Å². The largest absolute Gasteiger partial charge is 0.480 e. The molecule has 1 fully saturated rings. The lowest BCUT2D eigenvalue weighted by molar-refractivity contribution is -0.147. The molecule has 1 saturated heterocycles. The van der Waals surface area contributed by atoms with Gasteiger partial charge < -0.3 is 19.6 Å². The highest BCUT2D eigenvalue weighted by atomic mass is 35.5. The Balaban J connectivity index is 2.02. The zero-order valence-electron chi connectivity index (χ0n) is 10.9. The summed E-state index contributed by atoms with van der Waals surface area (Å²) in [5.41, 5.74) is 0. The summed E-state index contributed by atoms with van der Waals surface area (Å²) in [6.45, 7) is 1.07. The average molecular weight is 319 g/mol. The van der Waals surface area contributed by atoms with E-state index in [-0.39, 0.29) is 19.2 Å². The van der Waals surface area contributed by atoms with E-state index in [4.69, 9.17) is 21.4 Å². The van der Waals surface area contributed by atoms with E-state index in [1.807, 2.05) is 6.07 Å². The number of halogens is 1. The Bertz CT molecular complexity index is 507. The maximum absolute atomic E-state index is 12.3. The Morgan fingerprint density at radius 2 is 2.35 bits per heavy atom. The molecule has 1 atom stereocenters. The quantitative estimate of drug-likeness (QED) is 0.921. The molecule has 0 saturated carbocycles. The number of rotatable bonds is 3. The van der Waals surface area contributed by atoms with Crippen LogP contribution in [0.3, 0.4) is 0 Å². The van der Waals surface area contributed by atoms with Crippen LogP contribution in [0.15, 0.2) is 12.1 Å². The smallest absolute Gasteiger partial charge is 0.328 e. The molecule has 1 aromatic rings. The number of carbonyl (C=O) groups excluding carboxylic acids is 1. The maximum Gasteiger partial charge on any atom is 0.328 e. The average Bonchev–Trinajstić information content (AvgIpc) is 2.83. The van der Waals surface area contributed by atoms with Gasteiger partial charge in [0.1, 0.15) is 0 Å². The van der Waals surface area contributed by atoms with E-state index < -0.39 is 12.0 Å². The van der Waals surface area contributed by atoms with Crippen molar-refractivity contribution in [2.24, 2.45) is 0 Å². The molecule has 0 aromatic carbocycles. The first kappa shape index (κ1) is 15.1. The van der Waals surface area contributed by atoms with Crippen molar-refractivity contribution >= 4 is 34.9 Å². The number of carbonyl (C=O) groups is 2. The van der Waals surface area contributed by atoms with Crippen LogP contribution < -0.4 is 0 Å². The fourth-order valence-electron chi connectivity index (χ4n) is 1.99. The second kappa shape index (κ2) is 6.43. The number of hydrogen-bond acceptors (Lipinski definition) is 4. The van der Waals surface area contributed by atoms with Gasteiger partial charge in [-0.1, -0.05) is 11.6 Å². The van der Waals surface area contributed by atoms with Crippen molar-refractivity contribution in [3.8, 4) is 0 Å². The first-order valence-electron chi connectivity index (χ1n) is 6.05. The summed E-state index contributed by atoms with van der Waals surface area (Å²) < 4.78 is 5.78. The minimum atomic E-state index is -1.05. The van der Waals surface area contributed by atoms with Gasteiger partial charge in [-0.05, 0) is 12.1 Å². The predicted molar refractivity (Wildman–Crippen MR) is 75.1 cm³/mol. The van der Waals surface area contributed by atoms with Crippen LogP contribution in [0.1, 0.15) is 4.88 Å². The number of carboxylic acids is 1. The monoisotopic (exact) mass is 318 g/mol.